The van der Waals surface area contributed by atoms with Crippen LogP contribution in [-0.4, -0.2) is 47.5 Å². The first-order chi connectivity index (χ1) is 15.0. The summed E-state index contributed by atoms with van der Waals surface area (Å²) < 4.78 is 0. The molecule has 2 aliphatic heterocycles. The molecule has 2 atom stereocenters. The number of likely N-dealkylation sites (tertiary alicyclic amines) is 1. The summed E-state index contributed by atoms with van der Waals surface area (Å²) in [5.74, 6) is -0.247. The molecule has 2 aromatic carbocycles. The third-order valence-electron chi connectivity index (χ3n) is 5.98. The first-order valence-electron chi connectivity index (χ1n) is 10.7. The number of nitrogens with one attached hydrogen (secondary N) is 2. The largest absolute Gasteiger partial charge is 0.355 e. The van der Waals surface area contributed by atoms with Crippen LogP contribution in [0.15, 0.2) is 59.5 Å². The second-order valence-electron chi connectivity index (χ2n) is 8.14. The number of fused-ring (bicyclic) bond motifs is 1. The molecule has 1 saturated heterocycles. The molecule has 7 heteroatoms. The van der Waals surface area contributed by atoms with Gasteiger partial charge >= 0.3 is 0 Å². The summed E-state index contributed by atoms with van der Waals surface area (Å²) in [6.45, 7) is 3.69. The Morgan fingerprint density at radius 2 is 1.77 bits per heavy atom. The molecule has 2 aromatic rings. The van der Waals surface area contributed by atoms with Crippen LogP contribution in [0.4, 0.5) is 5.69 Å². The van der Waals surface area contributed by atoms with E-state index in [4.69, 9.17) is 0 Å². The topological polar surface area (TPSA) is 78.5 Å². The lowest BCUT2D eigenvalue weighted by atomic mass is 9.95. The molecule has 0 bridgehead atoms. The highest BCUT2D eigenvalue weighted by atomic mass is 32.2. The number of piperidine rings is 1. The average molecular weight is 438 g/mol. The van der Waals surface area contributed by atoms with Crippen molar-refractivity contribution in [3.63, 3.8) is 0 Å². The Morgan fingerprint density at radius 3 is 2.52 bits per heavy atom. The van der Waals surface area contributed by atoms with Gasteiger partial charge in [0.05, 0.1) is 5.69 Å². The molecule has 0 spiro atoms. The van der Waals surface area contributed by atoms with Crippen molar-refractivity contribution in [1.82, 2.24) is 10.2 Å². The van der Waals surface area contributed by atoms with Gasteiger partial charge < -0.3 is 15.5 Å². The number of nitrogens with zero attached hydrogens (tertiary/aromatic N) is 1. The van der Waals surface area contributed by atoms with Crippen LogP contribution in [0, 0.1) is 5.92 Å². The molecule has 0 aromatic heterocycles. The molecule has 2 heterocycles. The minimum absolute atomic E-state index is 0.0496. The van der Waals surface area contributed by atoms with E-state index in [2.05, 4.69) is 29.7 Å². The SMILES string of the molecule is CC(CNC(=O)C1CCN(C(=O)C2Sc3ccccc3NC2=O)CC1)c1ccccc1. The van der Waals surface area contributed by atoms with Gasteiger partial charge in [0.1, 0.15) is 0 Å². The summed E-state index contributed by atoms with van der Waals surface area (Å²) in [5.41, 5.74) is 1.95. The molecule has 2 N–H and O–H groups in total. The first kappa shape index (κ1) is 21.4. The fraction of sp³-hybridized carbons (Fsp3) is 0.375. The fourth-order valence-corrected chi connectivity index (χ4v) is 5.11. The second kappa shape index (κ2) is 9.56. The van der Waals surface area contributed by atoms with Gasteiger partial charge in [-0.15, -0.1) is 11.8 Å². The zero-order valence-electron chi connectivity index (χ0n) is 17.5. The number of amides is 3. The number of anilines is 1. The standard InChI is InChI=1S/C24H27N3O3S/c1-16(17-7-3-2-4-8-17)15-25-22(28)18-11-13-27(14-12-18)24(30)21-23(29)26-19-9-5-6-10-20(19)31-21/h2-10,16,18,21H,11-15H2,1H3,(H,25,28)(H,26,29). The fourth-order valence-electron chi connectivity index (χ4n) is 4.04. The zero-order valence-corrected chi connectivity index (χ0v) is 18.4. The highest BCUT2D eigenvalue weighted by Gasteiger charge is 2.37. The van der Waals surface area contributed by atoms with E-state index in [1.54, 1.807) is 4.90 Å². The highest BCUT2D eigenvalue weighted by molar-refractivity contribution is 8.01. The van der Waals surface area contributed by atoms with E-state index < -0.39 is 5.25 Å². The maximum Gasteiger partial charge on any atom is 0.247 e. The lowest BCUT2D eigenvalue weighted by Crippen LogP contribution is -2.49. The van der Waals surface area contributed by atoms with Crippen molar-refractivity contribution in [3.8, 4) is 0 Å². The molecule has 0 saturated carbocycles. The van der Waals surface area contributed by atoms with E-state index in [0.717, 1.165) is 10.6 Å². The van der Waals surface area contributed by atoms with Gasteiger partial charge in [-0.2, -0.15) is 0 Å². The molecular weight excluding hydrogens is 410 g/mol. The van der Waals surface area contributed by atoms with E-state index in [-0.39, 0.29) is 29.6 Å². The van der Waals surface area contributed by atoms with E-state index in [0.29, 0.717) is 32.5 Å². The molecule has 0 aliphatic carbocycles. The van der Waals surface area contributed by atoms with Gasteiger partial charge in [-0.25, -0.2) is 0 Å². The van der Waals surface area contributed by atoms with Gasteiger partial charge in [-0.1, -0.05) is 49.4 Å². The first-order valence-corrected chi connectivity index (χ1v) is 11.6. The van der Waals surface area contributed by atoms with Crippen molar-refractivity contribution >= 4 is 35.2 Å². The predicted molar refractivity (Wildman–Crippen MR) is 122 cm³/mol. The highest BCUT2D eigenvalue weighted by Crippen LogP contribution is 2.36. The summed E-state index contributed by atoms with van der Waals surface area (Å²) in [4.78, 5) is 40.6. The number of thioether (sulfide) groups is 1. The van der Waals surface area contributed by atoms with Crippen LogP contribution >= 0.6 is 11.8 Å². The Morgan fingerprint density at radius 1 is 1.10 bits per heavy atom. The molecule has 2 aliphatic rings. The van der Waals surface area contributed by atoms with Crippen molar-refractivity contribution in [2.24, 2.45) is 5.92 Å². The van der Waals surface area contributed by atoms with Crippen LogP contribution in [0.25, 0.3) is 0 Å². The minimum Gasteiger partial charge on any atom is -0.355 e. The summed E-state index contributed by atoms with van der Waals surface area (Å²) in [6.07, 6.45) is 1.24. The van der Waals surface area contributed by atoms with E-state index in [1.165, 1.54) is 17.3 Å². The summed E-state index contributed by atoms with van der Waals surface area (Å²) >= 11 is 1.30. The normalized spacial score (nSPS) is 19.8. The third kappa shape index (κ3) is 4.93. The van der Waals surface area contributed by atoms with Crippen molar-refractivity contribution < 1.29 is 14.4 Å². The molecule has 31 heavy (non-hydrogen) atoms. The monoisotopic (exact) mass is 437 g/mol. The van der Waals surface area contributed by atoms with Crippen LogP contribution in [0.1, 0.15) is 31.2 Å². The molecular formula is C24H27N3O3S. The lowest BCUT2D eigenvalue weighted by Gasteiger charge is -2.34. The van der Waals surface area contributed by atoms with E-state index >= 15 is 0 Å². The van der Waals surface area contributed by atoms with Crippen LogP contribution < -0.4 is 10.6 Å². The Bertz CT molecular complexity index is 958. The number of rotatable bonds is 5. The Balaban J connectivity index is 1.27. The van der Waals surface area contributed by atoms with Gasteiger partial charge in [-0.3, -0.25) is 14.4 Å². The lowest BCUT2D eigenvalue weighted by molar-refractivity contribution is -0.137. The third-order valence-corrected chi connectivity index (χ3v) is 7.24. The summed E-state index contributed by atoms with van der Waals surface area (Å²) in [6, 6.07) is 17.6. The maximum atomic E-state index is 13.0. The van der Waals surface area contributed by atoms with Crippen LogP contribution in [-0.2, 0) is 14.4 Å². The average Bonchev–Trinajstić information content (AvgIpc) is 2.82. The number of carbonyl (C=O) groups excluding carboxylic acids is 3. The molecule has 0 radical (unpaired) electrons. The van der Waals surface area contributed by atoms with Gasteiger partial charge in [0, 0.05) is 30.4 Å². The minimum atomic E-state index is -0.771. The van der Waals surface area contributed by atoms with E-state index in [9.17, 15) is 14.4 Å². The number of para-hydroxylation sites is 1. The van der Waals surface area contributed by atoms with Crippen molar-refractivity contribution in [2.75, 3.05) is 25.0 Å². The molecule has 3 amide bonds. The van der Waals surface area contributed by atoms with Crippen molar-refractivity contribution in [3.05, 3.63) is 60.2 Å². The maximum absolute atomic E-state index is 13.0. The molecule has 1 fully saturated rings. The van der Waals surface area contributed by atoms with Crippen LogP contribution in [0.3, 0.4) is 0 Å². The number of hydrogen-bond donors (Lipinski definition) is 2. The van der Waals surface area contributed by atoms with Crippen molar-refractivity contribution in [1.29, 1.82) is 0 Å². The Kier molecular flexibility index (Phi) is 6.61. The number of hydrogen-bond acceptors (Lipinski definition) is 4. The summed E-state index contributed by atoms with van der Waals surface area (Å²) in [7, 11) is 0. The quantitative estimate of drug-likeness (QED) is 0.704. The van der Waals surface area contributed by atoms with Gasteiger partial charge in [0.2, 0.25) is 17.7 Å². The molecule has 162 valence electrons. The van der Waals surface area contributed by atoms with Gasteiger partial charge in [0.15, 0.2) is 5.25 Å². The Hall–Kier alpha value is -2.80. The smallest absolute Gasteiger partial charge is 0.247 e. The van der Waals surface area contributed by atoms with Gasteiger partial charge in [0.25, 0.3) is 0 Å². The Labute approximate surface area is 186 Å². The zero-order chi connectivity index (χ0) is 21.8. The van der Waals surface area contributed by atoms with Crippen LogP contribution in [0.5, 0.6) is 0 Å². The number of carbonyl (C=O) groups is 3. The molecule has 6 nitrogen and oxygen atoms in total. The van der Waals surface area contributed by atoms with Gasteiger partial charge in [-0.05, 0) is 36.5 Å². The van der Waals surface area contributed by atoms with Crippen LogP contribution in [0.2, 0.25) is 0 Å². The van der Waals surface area contributed by atoms with E-state index in [1.807, 2.05) is 42.5 Å². The molecule has 2 unspecified atom stereocenters. The molecule has 4 rings (SSSR count). The predicted octanol–water partition coefficient (Wildman–Crippen LogP) is 3.26. The summed E-state index contributed by atoms with van der Waals surface area (Å²) in [5, 5.41) is 5.12. The number of benzene rings is 2. The van der Waals surface area contributed by atoms with Crippen molar-refractivity contribution in [2.45, 2.75) is 35.8 Å². The second-order valence-corrected chi connectivity index (χ2v) is 9.29.